The molecule has 0 radical (unpaired) electrons. The lowest BCUT2D eigenvalue weighted by Crippen LogP contribution is -2.30. The molecule has 1 N–H and O–H groups in total. The summed E-state index contributed by atoms with van der Waals surface area (Å²) < 4.78 is 0. The molecule has 1 aliphatic rings. The molecular weight excluding hydrogens is 444 g/mol. The summed E-state index contributed by atoms with van der Waals surface area (Å²) in [4.78, 5) is 53.2. The number of carbonyl (C=O) groups is 3. The number of anilines is 1. The lowest BCUT2D eigenvalue weighted by Gasteiger charge is -2.13. The van der Waals surface area contributed by atoms with Crippen LogP contribution in [-0.2, 0) is 4.79 Å². The van der Waals surface area contributed by atoms with E-state index in [1.54, 1.807) is 0 Å². The van der Waals surface area contributed by atoms with E-state index >= 15 is 0 Å². The zero-order valence-electron chi connectivity index (χ0n) is 17.5. The number of thiazole rings is 1. The number of fused-ring (bicyclic) bond motifs is 1. The van der Waals surface area contributed by atoms with Crippen LogP contribution in [0.4, 0.5) is 10.8 Å². The molecule has 3 amide bonds. The van der Waals surface area contributed by atoms with Crippen molar-refractivity contribution in [2.24, 2.45) is 0 Å². The molecular formula is C23H20N4O5S. The number of carbonyl (C=O) groups excluding carboxylic acids is 3. The Bertz CT molecular complexity index is 1220. The van der Waals surface area contributed by atoms with Crippen LogP contribution in [0.1, 0.15) is 46.4 Å². The van der Waals surface area contributed by atoms with Crippen LogP contribution >= 0.6 is 11.3 Å². The van der Waals surface area contributed by atoms with Gasteiger partial charge in [-0.05, 0) is 18.9 Å². The van der Waals surface area contributed by atoms with Gasteiger partial charge in [-0.1, -0.05) is 42.8 Å². The van der Waals surface area contributed by atoms with Gasteiger partial charge in [0.1, 0.15) is 5.56 Å². The summed E-state index contributed by atoms with van der Waals surface area (Å²) in [5, 5.41) is 16.4. The van der Waals surface area contributed by atoms with Gasteiger partial charge in [-0.2, -0.15) is 0 Å². The minimum atomic E-state index is -0.655. The number of imide groups is 1. The predicted molar refractivity (Wildman–Crippen MR) is 123 cm³/mol. The molecule has 0 atom stereocenters. The van der Waals surface area contributed by atoms with Gasteiger partial charge >= 0.3 is 0 Å². The first-order valence-corrected chi connectivity index (χ1v) is 11.3. The van der Waals surface area contributed by atoms with Crippen LogP contribution in [-0.4, -0.2) is 39.1 Å². The van der Waals surface area contributed by atoms with Gasteiger partial charge in [0.05, 0.1) is 16.2 Å². The molecule has 0 fully saturated rings. The number of amides is 3. The maximum absolute atomic E-state index is 12.5. The van der Waals surface area contributed by atoms with E-state index in [-0.39, 0.29) is 35.7 Å². The van der Waals surface area contributed by atoms with Crippen molar-refractivity contribution >= 4 is 39.9 Å². The maximum Gasteiger partial charge on any atom is 0.282 e. The molecule has 0 unspecified atom stereocenters. The second kappa shape index (κ2) is 9.70. The van der Waals surface area contributed by atoms with Crippen LogP contribution in [0, 0.1) is 10.1 Å². The second-order valence-electron chi connectivity index (χ2n) is 7.48. The maximum atomic E-state index is 12.5. The first-order valence-electron chi connectivity index (χ1n) is 10.4. The Morgan fingerprint density at radius 2 is 1.82 bits per heavy atom. The van der Waals surface area contributed by atoms with Crippen LogP contribution in [0.25, 0.3) is 11.3 Å². The van der Waals surface area contributed by atoms with Gasteiger partial charge in [0, 0.05) is 30.0 Å². The summed E-state index contributed by atoms with van der Waals surface area (Å²) in [6, 6.07) is 13.7. The monoisotopic (exact) mass is 464 g/mol. The van der Waals surface area contributed by atoms with E-state index in [9.17, 15) is 24.5 Å². The van der Waals surface area contributed by atoms with Gasteiger partial charge in [0.15, 0.2) is 5.13 Å². The van der Waals surface area contributed by atoms with Gasteiger partial charge in [0.25, 0.3) is 17.5 Å². The van der Waals surface area contributed by atoms with Crippen LogP contribution in [0.15, 0.2) is 53.9 Å². The summed E-state index contributed by atoms with van der Waals surface area (Å²) in [5.74, 6) is -1.31. The molecule has 0 saturated heterocycles. The predicted octanol–water partition coefficient (Wildman–Crippen LogP) is 4.51. The Morgan fingerprint density at radius 3 is 2.58 bits per heavy atom. The molecule has 1 aromatic heterocycles. The number of nitrogens with one attached hydrogen (secondary N) is 1. The minimum Gasteiger partial charge on any atom is -0.302 e. The molecule has 0 aliphatic carbocycles. The SMILES string of the molecule is O=C(CCCCCN1C(=O)c2cccc([N+](=O)[O-])c2C1=O)Nc1nc(-c2ccccc2)cs1. The highest BCUT2D eigenvalue weighted by atomic mass is 32.1. The van der Waals surface area contributed by atoms with E-state index in [0.717, 1.165) is 16.2 Å². The fourth-order valence-corrected chi connectivity index (χ4v) is 4.39. The number of benzene rings is 2. The van der Waals surface area contributed by atoms with Crippen molar-refractivity contribution in [1.82, 2.24) is 9.88 Å². The quantitative estimate of drug-likeness (QED) is 0.215. The molecule has 0 bridgehead atoms. The zero-order chi connectivity index (χ0) is 23.4. The van der Waals surface area contributed by atoms with Crippen molar-refractivity contribution in [2.45, 2.75) is 25.7 Å². The van der Waals surface area contributed by atoms with Crippen molar-refractivity contribution in [3.63, 3.8) is 0 Å². The Balaban J connectivity index is 1.22. The number of unbranched alkanes of at least 4 members (excludes halogenated alkanes) is 2. The number of aromatic nitrogens is 1. The highest BCUT2D eigenvalue weighted by Crippen LogP contribution is 2.31. The molecule has 168 valence electrons. The van der Waals surface area contributed by atoms with E-state index < -0.39 is 16.7 Å². The van der Waals surface area contributed by atoms with Gasteiger partial charge in [0.2, 0.25) is 5.91 Å². The Kier molecular flexibility index (Phi) is 6.55. The van der Waals surface area contributed by atoms with Crippen LogP contribution in [0.5, 0.6) is 0 Å². The zero-order valence-corrected chi connectivity index (χ0v) is 18.3. The normalized spacial score (nSPS) is 12.7. The summed E-state index contributed by atoms with van der Waals surface area (Å²) in [6.07, 6.45) is 1.98. The van der Waals surface area contributed by atoms with Crippen molar-refractivity contribution < 1.29 is 19.3 Å². The summed E-state index contributed by atoms with van der Waals surface area (Å²) in [5.41, 5.74) is 1.34. The fraction of sp³-hybridized carbons (Fsp3) is 0.217. The highest BCUT2D eigenvalue weighted by Gasteiger charge is 2.40. The Labute approximate surface area is 193 Å². The molecule has 10 heteroatoms. The average Bonchev–Trinajstić information content (AvgIpc) is 3.37. The van der Waals surface area contributed by atoms with E-state index in [0.29, 0.717) is 24.4 Å². The molecule has 3 aromatic rings. The minimum absolute atomic E-state index is 0.0619. The topological polar surface area (TPSA) is 123 Å². The molecule has 1 aliphatic heterocycles. The number of nitro benzene ring substituents is 1. The van der Waals surface area contributed by atoms with Gasteiger partial charge in [-0.3, -0.25) is 29.4 Å². The highest BCUT2D eigenvalue weighted by molar-refractivity contribution is 7.14. The first-order chi connectivity index (χ1) is 16.0. The van der Waals surface area contributed by atoms with Gasteiger partial charge < -0.3 is 5.32 Å². The third kappa shape index (κ3) is 4.80. The van der Waals surface area contributed by atoms with Gasteiger partial charge in [-0.25, -0.2) is 4.98 Å². The standard InChI is InChI=1S/C23H20N4O5S/c28-19(25-23-24-17(14-33-23)15-8-3-1-4-9-15)12-5-2-6-13-26-21(29)16-10-7-11-18(27(31)32)20(16)22(26)30/h1,3-4,7-11,14H,2,5-6,12-13H2,(H,24,25,28). The molecule has 4 rings (SSSR count). The smallest absolute Gasteiger partial charge is 0.282 e. The lowest BCUT2D eigenvalue weighted by atomic mass is 10.1. The van der Waals surface area contributed by atoms with Crippen LogP contribution in [0.3, 0.4) is 0 Å². The third-order valence-corrected chi connectivity index (χ3v) is 6.04. The average molecular weight is 465 g/mol. The summed E-state index contributed by atoms with van der Waals surface area (Å²) >= 11 is 1.36. The molecule has 2 heterocycles. The number of rotatable bonds is 9. The van der Waals surface area contributed by atoms with Crippen LogP contribution < -0.4 is 5.32 Å². The van der Waals surface area contributed by atoms with Crippen LogP contribution in [0.2, 0.25) is 0 Å². The number of nitrogens with zero attached hydrogens (tertiary/aromatic N) is 3. The Hall–Kier alpha value is -3.92. The number of hydrogen-bond acceptors (Lipinski definition) is 7. The molecule has 9 nitrogen and oxygen atoms in total. The fourth-order valence-electron chi connectivity index (χ4n) is 3.66. The summed E-state index contributed by atoms with van der Waals surface area (Å²) in [7, 11) is 0. The number of hydrogen-bond donors (Lipinski definition) is 1. The van der Waals surface area contributed by atoms with E-state index in [2.05, 4.69) is 10.3 Å². The van der Waals surface area contributed by atoms with Crippen molar-refractivity contribution in [2.75, 3.05) is 11.9 Å². The van der Waals surface area contributed by atoms with E-state index in [4.69, 9.17) is 0 Å². The molecule has 0 saturated carbocycles. The van der Waals surface area contributed by atoms with Crippen molar-refractivity contribution in [3.05, 3.63) is 75.2 Å². The Morgan fingerprint density at radius 1 is 1.03 bits per heavy atom. The van der Waals surface area contributed by atoms with E-state index in [1.165, 1.54) is 29.5 Å². The van der Waals surface area contributed by atoms with Crippen molar-refractivity contribution in [3.8, 4) is 11.3 Å². The molecule has 33 heavy (non-hydrogen) atoms. The lowest BCUT2D eigenvalue weighted by molar-refractivity contribution is -0.385. The first kappa shape index (κ1) is 22.3. The van der Waals surface area contributed by atoms with Crippen molar-refractivity contribution in [1.29, 1.82) is 0 Å². The van der Waals surface area contributed by atoms with Gasteiger partial charge in [-0.15, -0.1) is 11.3 Å². The summed E-state index contributed by atoms with van der Waals surface area (Å²) in [6.45, 7) is 0.151. The molecule has 2 aromatic carbocycles. The molecule has 0 spiro atoms. The second-order valence-corrected chi connectivity index (χ2v) is 8.34. The third-order valence-electron chi connectivity index (χ3n) is 5.28. The number of nitro groups is 1. The van der Waals surface area contributed by atoms with E-state index in [1.807, 2.05) is 35.7 Å². The largest absolute Gasteiger partial charge is 0.302 e.